The fourth-order valence-corrected chi connectivity index (χ4v) is 0.784. The van der Waals surface area contributed by atoms with Crippen molar-refractivity contribution in [1.29, 1.82) is 0 Å². The highest BCUT2D eigenvalue weighted by Gasteiger charge is 1.93. The molecule has 0 radical (unpaired) electrons. The maximum absolute atomic E-state index is 5.12. The van der Waals surface area contributed by atoms with Gasteiger partial charge in [0.2, 0.25) is 0 Å². The third-order valence-electron chi connectivity index (χ3n) is 1.31. The van der Waals surface area contributed by atoms with E-state index < -0.39 is 0 Å². The van der Waals surface area contributed by atoms with Crippen LogP contribution < -0.4 is 4.74 Å². The van der Waals surface area contributed by atoms with Gasteiger partial charge in [0.15, 0.2) is 0 Å². The largest absolute Gasteiger partial charge is 0.497 e. The lowest BCUT2D eigenvalue weighted by molar-refractivity contribution is 0.413. The summed E-state index contributed by atoms with van der Waals surface area (Å²) in [4.78, 5) is 4.05. The Morgan fingerprint density at radius 1 is 1.73 bits per heavy atom. The first-order valence-electron chi connectivity index (χ1n) is 3.29. The zero-order valence-electron chi connectivity index (χ0n) is 6.37. The molecule has 0 unspecified atom stereocenters. The zero-order chi connectivity index (χ0) is 8.10. The Bertz CT molecular complexity index is 275. The number of hydrogen-bond acceptors (Lipinski definition) is 2. The maximum Gasteiger partial charge on any atom is 0.122 e. The van der Waals surface area contributed by atoms with E-state index in [0.717, 1.165) is 11.4 Å². The lowest BCUT2D eigenvalue weighted by Gasteiger charge is -1.99. The molecular weight excluding hydrogens is 138 g/mol. The van der Waals surface area contributed by atoms with Crippen molar-refractivity contribution in [3.63, 3.8) is 0 Å². The van der Waals surface area contributed by atoms with E-state index in [-0.39, 0.29) is 0 Å². The van der Waals surface area contributed by atoms with Crippen LogP contribution in [0.4, 0.5) is 0 Å². The number of aromatic nitrogens is 1. The van der Waals surface area contributed by atoms with Gasteiger partial charge in [-0.15, -0.1) is 12.3 Å². The van der Waals surface area contributed by atoms with Crippen molar-refractivity contribution in [2.45, 2.75) is 6.42 Å². The van der Waals surface area contributed by atoms with Crippen LogP contribution in [-0.4, -0.2) is 12.1 Å². The lowest BCUT2D eigenvalue weighted by Crippen LogP contribution is -1.89. The third-order valence-corrected chi connectivity index (χ3v) is 1.31. The van der Waals surface area contributed by atoms with Crippen LogP contribution in [0.15, 0.2) is 18.3 Å². The average Bonchev–Trinajstić information content (AvgIpc) is 2.06. The van der Waals surface area contributed by atoms with Gasteiger partial charge in [-0.05, 0) is 6.07 Å². The summed E-state index contributed by atoms with van der Waals surface area (Å²) in [6.07, 6.45) is 7.36. The molecule has 0 aliphatic heterocycles. The normalized spacial score (nSPS) is 8.73. The molecule has 0 N–H and O–H groups in total. The number of terminal acetylenes is 1. The van der Waals surface area contributed by atoms with Crippen LogP contribution in [0.5, 0.6) is 5.75 Å². The Kier molecular flexibility index (Phi) is 2.51. The molecule has 2 nitrogen and oxygen atoms in total. The van der Waals surface area contributed by atoms with Crippen molar-refractivity contribution >= 4 is 0 Å². The van der Waals surface area contributed by atoms with Crippen molar-refractivity contribution in [3.8, 4) is 18.1 Å². The molecule has 0 aliphatic rings. The van der Waals surface area contributed by atoms with Gasteiger partial charge in [-0.2, -0.15) is 0 Å². The minimum Gasteiger partial charge on any atom is -0.497 e. The minimum absolute atomic E-state index is 0.553. The molecule has 0 bridgehead atoms. The summed E-state index contributed by atoms with van der Waals surface area (Å²) in [6, 6.07) is 3.62. The first-order valence-corrected chi connectivity index (χ1v) is 3.29. The van der Waals surface area contributed by atoms with Crippen LogP contribution in [0.25, 0.3) is 0 Å². The Hall–Kier alpha value is -1.49. The monoisotopic (exact) mass is 147 g/mol. The molecule has 2 heteroatoms. The molecule has 0 fully saturated rings. The molecule has 0 saturated heterocycles. The first kappa shape index (κ1) is 7.62. The van der Waals surface area contributed by atoms with Gasteiger partial charge in [0, 0.05) is 12.3 Å². The summed E-state index contributed by atoms with van der Waals surface area (Å²) in [6.45, 7) is 0. The quantitative estimate of drug-likeness (QED) is 0.587. The van der Waals surface area contributed by atoms with Gasteiger partial charge in [-0.3, -0.25) is 4.98 Å². The Labute approximate surface area is 66.2 Å². The topological polar surface area (TPSA) is 22.1 Å². The van der Waals surface area contributed by atoms with E-state index in [2.05, 4.69) is 10.9 Å². The molecule has 11 heavy (non-hydrogen) atoms. The number of ether oxygens (including phenoxy) is 1. The number of methoxy groups -OCH3 is 1. The van der Waals surface area contributed by atoms with Crippen LogP contribution in [-0.2, 0) is 6.42 Å². The van der Waals surface area contributed by atoms with Gasteiger partial charge in [-0.25, -0.2) is 0 Å². The van der Waals surface area contributed by atoms with Gasteiger partial charge < -0.3 is 4.74 Å². The van der Waals surface area contributed by atoms with E-state index in [4.69, 9.17) is 11.2 Å². The van der Waals surface area contributed by atoms with Gasteiger partial charge in [0.05, 0.1) is 19.2 Å². The summed E-state index contributed by atoms with van der Waals surface area (Å²) in [7, 11) is 1.62. The predicted molar refractivity (Wildman–Crippen MR) is 43.3 cm³/mol. The average molecular weight is 147 g/mol. The maximum atomic E-state index is 5.12. The summed E-state index contributed by atoms with van der Waals surface area (Å²) in [5.74, 6) is 3.31. The molecule has 0 spiro atoms. The summed E-state index contributed by atoms with van der Waals surface area (Å²) >= 11 is 0. The van der Waals surface area contributed by atoms with Gasteiger partial charge >= 0.3 is 0 Å². The molecule has 1 rings (SSSR count). The summed E-state index contributed by atoms with van der Waals surface area (Å²) in [5, 5.41) is 0. The van der Waals surface area contributed by atoms with Crippen LogP contribution in [0.1, 0.15) is 5.69 Å². The van der Waals surface area contributed by atoms with Gasteiger partial charge in [0.25, 0.3) is 0 Å². The van der Waals surface area contributed by atoms with Crippen molar-refractivity contribution in [1.82, 2.24) is 4.98 Å². The Balaban J connectivity index is 2.84. The summed E-state index contributed by atoms with van der Waals surface area (Å²) < 4.78 is 4.99. The number of pyridine rings is 1. The van der Waals surface area contributed by atoms with E-state index in [0.29, 0.717) is 6.42 Å². The SMILES string of the molecule is C#CCc1cc(OC)ccn1. The molecule has 0 aliphatic carbocycles. The van der Waals surface area contributed by atoms with Crippen LogP contribution in [0, 0.1) is 12.3 Å². The van der Waals surface area contributed by atoms with Crippen molar-refractivity contribution < 1.29 is 4.74 Å². The van der Waals surface area contributed by atoms with Gasteiger partial charge in [0.1, 0.15) is 5.75 Å². The highest BCUT2D eigenvalue weighted by Crippen LogP contribution is 2.09. The molecule has 0 amide bonds. The van der Waals surface area contributed by atoms with Crippen LogP contribution in [0.3, 0.4) is 0 Å². The van der Waals surface area contributed by atoms with E-state index in [9.17, 15) is 0 Å². The lowest BCUT2D eigenvalue weighted by atomic mass is 10.3. The molecule has 0 aromatic carbocycles. The van der Waals surface area contributed by atoms with Crippen molar-refractivity contribution in [2.75, 3.05) is 7.11 Å². The van der Waals surface area contributed by atoms with Gasteiger partial charge in [-0.1, -0.05) is 0 Å². The second kappa shape index (κ2) is 3.62. The van der Waals surface area contributed by atoms with Crippen LogP contribution in [0.2, 0.25) is 0 Å². The molecule has 1 aromatic rings. The smallest absolute Gasteiger partial charge is 0.122 e. The van der Waals surface area contributed by atoms with Crippen LogP contribution >= 0.6 is 0 Å². The second-order valence-electron chi connectivity index (χ2n) is 2.07. The minimum atomic E-state index is 0.553. The van der Waals surface area contributed by atoms with E-state index in [1.165, 1.54) is 0 Å². The Morgan fingerprint density at radius 2 is 2.55 bits per heavy atom. The van der Waals surface area contributed by atoms with E-state index in [1.54, 1.807) is 19.4 Å². The molecule has 1 aromatic heterocycles. The number of hydrogen-bond donors (Lipinski definition) is 0. The second-order valence-corrected chi connectivity index (χ2v) is 2.07. The number of nitrogens with zero attached hydrogens (tertiary/aromatic N) is 1. The first-order chi connectivity index (χ1) is 5.36. The molecular formula is C9H9NO. The molecule has 0 saturated carbocycles. The number of rotatable bonds is 2. The standard InChI is InChI=1S/C9H9NO/c1-3-4-8-7-9(11-2)5-6-10-8/h1,5-7H,4H2,2H3. The summed E-state index contributed by atoms with van der Waals surface area (Å²) in [5.41, 5.74) is 0.867. The fourth-order valence-electron chi connectivity index (χ4n) is 0.784. The van der Waals surface area contributed by atoms with Crippen molar-refractivity contribution in [2.24, 2.45) is 0 Å². The Morgan fingerprint density at radius 3 is 3.18 bits per heavy atom. The van der Waals surface area contributed by atoms with E-state index >= 15 is 0 Å². The molecule has 56 valence electrons. The highest BCUT2D eigenvalue weighted by atomic mass is 16.5. The third kappa shape index (κ3) is 1.98. The van der Waals surface area contributed by atoms with E-state index in [1.807, 2.05) is 6.07 Å². The molecule has 0 atom stereocenters. The highest BCUT2D eigenvalue weighted by molar-refractivity contribution is 5.24. The zero-order valence-corrected chi connectivity index (χ0v) is 6.37. The predicted octanol–water partition coefficient (Wildman–Crippen LogP) is 1.27. The van der Waals surface area contributed by atoms with Crippen molar-refractivity contribution in [3.05, 3.63) is 24.0 Å². The fraction of sp³-hybridized carbons (Fsp3) is 0.222. The molecule has 1 heterocycles.